The van der Waals surface area contributed by atoms with Crippen molar-refractivity contribution in [2.24, 2.45) is 0 Å². The van der Waals surface area contributed by atoms with Gasteiger partial charge in [0.2, 0.25) is 0 Å². The predicted octanol–water partition coefficient (Wildman–Crippen LogP) is 0.459. The molecule has 1 N–H and O–H groups in total. The molecule has 0 saturated carbocycles. The van der Waals surface area contributed by atoms with E-state index in [0.29, 0.717) is 0 Å². The van der Waals surface area contributed by atoms with E-state index in [-0.39, 0.29) is 47.7 Å². The number of carbonyl (C=O) groups is 1. The van der Waals surface area contributed by atoms with Crippen molar-refractivity contribution in [3.05, 3.63) is 29.8 Å². The van der Waals surface area contributed by atoms with Crippen molar-refractivity contribution < 1.29 is 14.6 Å². The molecule has 0 fully saturated rings. The van der Waals surface area contributed by atoms with Crippen LogP contribution in [0, 0.1) is 0 Å². The zero-order chi connectivity index (χ0) is 8.97. The van der Waals surface area contributed by atoms with Gasteiger partial charge in [0.05, 0.1) is 13.5 Å². The Morgan fingerprint density at radius 3 is 2.38 bits per heavy atom. The van der Waals surface area contributed by atoms with Gasteiger partial charge >= 0.3 is 35.5 Å². The van der Waals surface area contributed by atoms with Gasteiger partial charge in [0.1, 0.15) is 5.75 Å². The maximum absolute atomic E-state index is 10.8. The Bertz CT molecular complexity index is 269. The number of methoxy groups -OCH3 is 1. The second-order valence-electron chi connectivity index (χ2n) is 2.42. The Kier molecular flexibility index (Phi) is 5.79. The van der Waals surface area contributed by atoms with Crippen LogP contribution in [-0.4, -0.2) is 47.7 Å². The summed E-state index contributed by atoms with van der Waals surface area (Å²) in [5.74, 6) is -0.0793. The van der Waals surface area contributed by atoms with Crippen LogP contribution in [0.25, 0.3) is 0 Å². The minimum absolute atomic E-state index is 0. The second kappa shape index (κ2) is 6.02. The van der Waals surface area contributed by atoms with E-state index in [1.165, 1.54) is 19.2 Å². The first kappa shape index (κ1) is 12.5. The fraction of sp³-hybridized carbons (Fsp3) is 0.222. The number of carbonyl (C=O) groups excluding carboxylic acids is 1. The Hall–Kier alpha value is -0.510. The van der Waals surface area contributed by atoms with Crippen LogP contribution in [0.2, 0.25) is 0 Å². The molecule has 0 spiro atoms. The summed E-state index contributed by atoms with van der Waals surface area (Å²) in [5, 5.41) is 8.93. The number of aromatic hydroxyl groups is 1. The van der Waals surface area contributed by atoms with Gasteiger partial charge in [-0.15, -0.1) is 0 Å². The number of hydrogen-bond donors (Lipinski definition) is 1. The molecule has 0 radical (unpaired) electrons. The summed E-state index contributed by atoms with van der Waals surface area (Å²) in [4.78, 5) is 10.8. The van der Waals surface area contributed by atoms with E-state index in [0.717, 1.165) is 5.56 Å². The molecule has 0 atom stereocenters. The van der Waals surface area contributed by atoms with E-state index in [1.807, 2.05) is 0 Å². The molecule has 1 aromatic carbocycles. The minimum atomic E-state index is -0.277. The molecule has 66 valence electrons. The van der Waals surface area contributed by atoms with Gasteiger partial charge in [-0.3, -0.25) is 4.79 Å². The zero-order valence-electron chi connectivity index (χ0n) is 6.78. The van der Waals surface area contributed by atoms with E-state index >= 15 is 0 Å². The fourth-order valence-corrected chi connectivity index (χ4v) is 0.853. The molecule has 0 bridgehead atoms. The van der Waals surface area contributed by atoms with Crippen LogP contribution in [0.15, 0.2) is 24.3 Å². The molecule has 13 heavy (non-hydrogen) atoms. The quantitative estimate of drug-likeness (QED) is 0.544. The van der Waals surface area contributed by atoms with Gasteiger partial charge < -0.3 is 9.84 Å². The third kappa shape index (κ3) is 4.31. The van der Waals surface area contributed by atoms with Gasteiger partial charge in [-0.1, -0.05) is 12.1 Å². The van der Waals surface area contributed by atoms with Crippen molar-refractivity contribution in [2.75, 3.05) is 7.11 Å². The molecule has 0 aromatic heterocycles. The van der Waals surface area contributed by atoms with Gasteiger partial charge in [0.15, 0.2) is 0 Å². The van der Waals surface area contributed by atoms with Crippen molar-refractivity contribution in [1.82, 2.24) is 0 Å². The summed E-state index contributed by atoms with van der Waals surface area (Å²) < 4.78 is 4.48. The standard InChI is InChI=1S/C9H10O3.Na.H/c1-12-9(11)6-7-2-4-8(10)5-3-7;;/h2-5,10H,6H2,1H3;;. The van der Waals surface area contributed by atoms with Gasteiger partial charge in [0.25, 0.3) is 0 Å². The van der Waals surface area contributed by atoms with Crippen molar-refractivity contribution in [1.29, 1.82) is 0 Å². The molecule has 0 unspecified atom stereocenters. The van der Waals surface area contributed by atoms with E-state index in [1.54, 1.807) is 12.1 Å². The first-order chi connectivity index (χ1) is 5.72. The maximum atomic E-state index is 10.8. The number of benzene rings is 1. The summed E-state index contributed by atoms with van der Waals surface area (Å²) >= 11 is 0. The van der Waals surface area contributed by atoms with Crippen LogP contribution >= 0.6 is 0 Å². The van der Waals surface area contributed by atoms with Crippen LogP contribution in [0.1, 0.15) is 5.56 Å². The third-order valence-corrected chi connectivity index (χ3v) is 1.51. The molecule has 0 aliphatic heterocycles. The topological polar surface area (TPSA) is 46.5 Å². The molecular weight excluding hydrogens is 179 g/mol. The van der Waals surface area contributed by atoms with Crippen molar-refractivity contribution in [3.8, 4) is 5.75 Å². The summed E-state index contributed by atoms with van der Waals surface area (Å²) in [6.07, 6.45) is 0.247. The number of rotatable bonds is 2. The number of ether oxygens (including phenoxy) is 1. The molecular formula is C9H11NaO3. The average Bonchev–Trinajstić information content (AvgIpc) is 2.09. The monoisotopic (exact) mass is 190 g/mol. The summed E-state index contributed by atoms with van der Waals surface area (Å²) in [6, 6.07) is 6.45. The van der Waals surface area contributed by atoms with E-state index in [9.17, 15) is 4.79 Å². The molecule has 1 aromatic rings. The van der Waals surface area contributed by atoms with E-state index in [2.05, 4.69) is 4.74 Å². The zero-order valence-corrected chi connectivity index (χ0v) is 6.78. The van der Waals surface area contributed by atoms with E-state index in [4.69, 9.17) is 5.11 Å². The van der Waals surface area contributed by atoms with Crippen LogP contribution in [-0.2, 0) is 16.0 Å². The Balaban J connectivity index is 0.00000144. The molecule has 0 aliphatic rings. The molecule has 4 heteroatoms. The van der Waals surface area contributed by atoms with Crippen LogP contribution in [0.4, 0.5) is 0 Å². The first-order valence-electron chi connectivity index (χ1n) is 3.57. The van der Waals surface area contributed by atoms with Crippen molar-refractivity contribution in [2.45, 2.75) is 6.42 Å². The Labute approximate surface area is 99.0 Å². The van der Waals surface area contributed by atoms with Gasteiger partial charge in [-0.25, -0.2) is 0 Å². The van der Waals surface area contributed by atoms with Gasteiger partial charge in [-0.05, 0) is 17.7 Å². The molecule has 3 nitrogen and oxygen atoms in total. The summed E-state index contributed by atoms with van der Waals surface area (Å²) in [5.41, 5.74) is 0.833. The Morgan fingerprint density at radius 1 is 1.38 bits per heavy atom. The van der Waals surface area contributed by atoms with Gasteiger partial charge in [-0.2, -0.15) is 0 Å². The van der Waals surface area contributed by atoms with Crippen molar-refractivity contribution >= 4 is 35.5 Å². The van der Waals surface area contributed by atoms with Crippen molar-refractivity contribution in [3.63, 3.8) is 0 Å². The van der Waals surface area contributed by atoms with Crippen LogP contribution < -0.4 is 0 Å². The number of esters is 1. The SMILES string of the molecule is COC(=O)Cc1ccc(O)cc1.[NaH]. The second-order valence-corrected chi connectivity index (χ2v) is 2.42. The van der Waals surface area contributed by atoms with Gasteiger partial charge in [0, 0.05) is 0 Å². The summed E-state index contributed by atoms with van der Waals surface area (Å²) in [6.45, 7) is 0. The third-order valence-electron chi connectivity index (χ3n) is 1.51. The molecule has 0 amide bonds. The van der Waals surface area contributed by atoms with E-state index < -0.39 is 0 Å². The number of phenols is 1. The Morgan fingerprint density at radius 2 is 1.92 bits per heavy atom. The summed E-state index contributed by atoms with van der Waals surface area (Å²) in [7, 11) is 1.35. The first-order valence-corrected chi connectivity index (χ1v) is 3.57. The normalized spacial score (nSPS) is 8.69. The van der Waals surface area contributed by atoms with Crippen LogP contribution in [0.3, 0.4) is 0 Å². The fourth-order valence-electron chi connectivity index (χ4n) is 0.853. The predicted molar refractivity (Wildman–Crippen MR) is 51.0 cm³/mol. The number of phenolic OH excluding ortho intramolecular Hbond substituents is 1. The molecule has 1 rings (SSSR count). The molecule has 0 heterocycles. The van der Waals surface area contributed by atoms with Crippen LogP contribution in [0.5, 0.6) is 5.75 Å². The molecule has 0 aliphatic carbocycles. The molecule has 0 saturated heterocycles. The number of hydrogen-bond acceptors (Lipinski definition) is 3. The average molecular weight is 190 g/mol.